The summed E-state index contributed by atoms with van der Waals surface area (Å²) >= 11 is 0. The second-order valence-corrected chi connectivity index (χ2v) is 6.40. The number of aryl methyl sites for hydroxylation is 1. The van der Waals surface area contributed by atoms with Gasteiger partial charge in [-0.25, -0.2) is 0 Å². The number of aliphatic imine (C=N–C) groups is 1. The van der Waals surface area contributed by atoms with Crippen LogP contribution in [0.15, 0.2) is 29.3 Å². The topological polar surface area (TPSA) is 65.5 Å². The van der Waals surface area contributed by atoms with Gasteiger partial charge in [0, 0.05) is 32.6 Å². The van der Waals surface area contributed by atoms with Crippen molar-refractivity contribution in [2.45, 2.75) is 45.6 Å². The summed E-state index contributed by atoms with van der Waals surface area (Å²) in [5.74, 6) is 1.18. The highest BCUT2D eigenvalue weighted by molar-refractivity contribution is 14.0. The van der Waals surface area contributed by atoms with Gasteiger partial charge in [0.1, 0.15) is 0 Å². The Morgan fingerprint density at radius 2 is 1.76 bits per heavy atom. The first-order valence-corrected chi connectivity index (χ1v) is 8.97. The molecule has 0 bridgehead atoms. The number of amides is 1. The molecule has 6 heteroatoms. The van der Waals surface area contributed by atoms with Gasteiger partial charge in [0.25, 0.3) is 0 Å². The van der Waals surface area contributed by atoms with E-state index < -0.39 is 0 Å². The molecule has 1 saturated carbocycles. The van der Waals surface area contributed by atoms with Crippen molar-refractivity contribution in [1.82, 2.24) is 16.0 Å². The Morgan fingerprint density at radius 1 is 1.08 bits per heavy atom. The zero-order valence-electron chi connectivity index (χ0n) is 15.3. The molecular formula is C19H31IN4O. The van der Waals surface area contributed by atoms with Crippen molar-refractivity contribution in [3.63, 3.8) is 0 Å². The molecule has 1 amide bonds. The number of carbonyl (C=O) groups is 1. The van der Waals surface area contributed by atoms with Crippen molar-refractivity contribution >= 4 is 35.8 Å². The number of hydrogen-bond acceptors (Lipinski definition) is 2. The van der Waals surface area contributed by atoms with Gasteiger partial charge in [0.05, 0.1) is 0 Å². The summed E-state index contributed by atoms with van der Waals surface area (Å²) in [6, 6.07) is 8.30. The summed E-state index contributed by atoms with van der Waals surface area (Å²) in [4.78, 5) is 16.3. The average molecular weight is 458 g/mol. The van der Waals surface area contributed by atoms with Gasteiger partial charge in [0.15, 0.2) is 5.96 Å². The third-order valence-electron chi connectivity index (χ3n) is 4.62. The van der Waals surface area contributed by atoms with Crippen LogP contribution in [-0.2, 0) is 11.3 Å². The fraction of sp³-hybridized carbons (Fsp3) is 0.579. The van der Waals surface area contributed by atoms with Crippen molar-refractivity contribution in [3.8, 4) is 0 Å². The molecular weight excluding hydrogens is 427 g/mol. The van der Waals surface area contributed by atoms with Crippen molar-refractivity contribution in [2.24, 2.45) is 10.9 Å². The minimum Gasteiger partial charge on any atom is -0.355 e. The maximum atomic E-state index is 12.1. The summed E-state index contributed by atoms with van der Waals surface area (Å²) in [5, 5.41) is 9.58. The Kier molecular flexibility index (Phi) is 10.5. The van der Waals surface area contributed by atoms with Gasteiger partial charge in [-0.05, 0) is 30.9 Å². The fourth-order valence-electron chi connectivity index (χ4n) is 3.08. The molecule has 0 spiro atoms. The summed E-state index contributed by atoms with van der Waals surface area (Å²) in [5.41, 5.74) is 2.52. The van der Waals surface area contributed by atoms with Crippen molar-refractivity contribution in [3.05, 3.63) is 35.4 Å². The molecule has 1 aliphatic carbocycles. The van der Waals surface area contributed by atoms with E-state index >= 15 is 0 Å². The molecule has 1 fully saturated rings. The number of halogens is 1. The first-order chi connectivity index (χ1) is 11.7. The quantitative estimate of drug-likeness (QED) is 0.266. The Hall–Kier alpha value is -1.31. The zero-order valence-corrected chi connectivity index (χ0v) is 17.6. The van der Waals surface area contributed by atoms with E-state index in [2.05, 4.69) is 40.0 Å². The third kappa shape index (κ3) is 7.63. The summed E-state index contributed by atoms with van der Waals surface area (Å²) in [7, 11) is 1.76. The molecule has 0 radical (unpaired) electrons. The maximum absolute atomic E-state index is 12.1. The average Bonchev–Trinajstić information content (AvgIpc) is 2.63. The lowest BCUT2D eigenvalue weighted by molar-refractivity contribution is -0.125. The van der Waals surface area contributed by atoms with Crippen molar-refractivity contribution < 1.29 is 4.79 Å². The molecule has 25 heavy (non-hydrogen) atoms. The second-order valence-electron chi connectivity index (χ2n) is 6.40. The molecule has 1 aromatic rings. The first kappa shape index (κ1) is 21.7. The number of nitrogens with zero attached hydrogens (tertiary/aromatic N) is 1. The van der Waals surface area contributed by atoms with E-state index in [0.717, 1.165) is 25.3 Å². The molecule has 1 aliphatic rings. The fourth-order valence-corrected chi connectivity index (χ4v) is 3.08. The number of rotatable bonds is 6. The summed E-state index contributed by atoms with van der Waals surface area (Å²) < 4.78 is 0. The molecule has 140 valence electrons. The number of guanidine groups is 1. The van der Waals surface area contributed by atoms with Crippen LogP contribution >= 0.6 is 24.0 Å². The predicted octanol–water partition coefficient (Wildman–Crippen LogP) is 2.97. The lowest BCUT2D eigenvalue weighted by Gasteiger charge is -2.21. The van der Waals surface area contributed by atoms with E-state index in [9.17, 15) is 4.79 Å². The molecule has 0 heterocycles. The molecule has 5 nitrogen and oxygen atoms in total. The van der Waals surface area contributed by atoms with E-state index in [0.29, 0.717) is 13.1 Å². The molecule has 1 aromatic carbocycles. The van der Waals surface area contributed by atoms with Crippen molar-refractivity contribution in [2.75, 3.05) is 20.1 Å². The van der Waals surface area contributed by atoms with E-state index in [1.165, 1.54) is 30.4 Å². The van der Waals surface area contributed by atoms with Crippen LogP contribution in [0.3, 0.4) is 0 Å². The highest BCUT2D eigenvalue weighted by Crippen LogP contribution is 2.23. The number of nitrogens with one attached hydrogen (secondary N) is 3. The van der Waals surface area contributed by atoms with Crippen LogP contribution in [0.5, 0.6) is 0 Å². The summed E-state index contributed by atoms with van der Waals surface area (Å²) in [6.45, 7) is 4.14. The minimum absolute atomic E-state index is 0. The lowest BCUT2D eigenvalue weighted by Crippen LogP contribution is -2.42. The van der Waals surface area contributed by atoms with Gasteiger partial charge in [0.2, 0.25) is 5.91 Å². The van der Waals surface area contributed by atoms with E-state index in [-0.39, 0.29) is 35.8 Å². The van der Waals surface area contributed by atoms with Gasteiger partial charge in [-0.3, -0.25) is 9.79 Å². The SMILES string of the molecule is CN=C(NCCNC(=O)C1CCCCC1)NCc1ccccc1C.I. The molecule has 0 saturated heterocycles. The maximum Gasteiger partial charge on any atom is 0.223 e. The third-order valence-corrected chi connectivity index (χ3v) is 4.62. The number of benzene rings is 1. The smallest absolute Gasteiger partial charge is 0.223 e. The second kappa shape index (κ2) is 12.1. The van der Waals surface area contributed by atoms with Gasteiger partial charge in [-0.15, -0.1) is 24.0 Å². The molecule has 3 N–H and O–H groups in total. The normalized spacial score (nSPS) is 15.2. The lowest BCUT2D eigenvalue weighted by atomic mass is 9.89. The number of hydrogen-bond donors (Lipinski definition) is 3. The van der Waals surface area contributed by atoms with Crippen LogP contribution in [0, 0.1) is 12.8 Å². The van der Waals surface area contributed by atoms with Crippen LogP contribution in [0.25, 0.3) is 0 Å². The summed E-state index contributed by atoms with van der Waals surface area (Å²) in [6.07, 6.45) is 5.73. The van der Waals surface area contributed by atoms with E-state index in [4.69, 9.17) is 0 Å². The minimum atomic E-state index is 0. The van der Waals surface area contributed by atoms with Crippen LogP contribution in [-0.4, -0.2) is 32.0 Å². The predicted molar refractivity (Wildman–Crippen MR) is 114 cm³/mol. The van der Waals surface area contributed by atoms with E-state index in [1.807, 2.05) is 12.1 Å². The highest BCUT2D eigenvalue weighted by atomic mass is 127. The van der Waals surface area contributed by atoms with E-state index in [1.54, 1.807) is 7.05 Å². The Balaban J connectivity index is 0.00000312. The Bertz CT molecular complexity index is 556. The molecule has 0 atom stereocenters. The largest absolute Gasteiger partial charge is 0.355 e. The van der Waals surface area contributed by atoms with Gasteiger partial charge < -0.3 is 16.0 Å². The van der Waals surface area contributed by atoms with Gasteiger partial charge in [-0.1, -0.05) is 43.5 Å². The number of carbonyl (C=O) groups excluding carboxylic acids is 1. The van der Waals surface area contributed by atoms with Crippen molar-refractivity contribution in [1.29, 1.82) is 0 Å². The first-order valence-electron chi connectivity index (χ1n) is 8.97. The monoisotopic (exact) mass is 458 g/mol. The zero-order chi connectivity index (χ0) is 17.2. The van der Waals surface area contributed by atoms with Crippen LogP contribution in [0.1, 0.15) is 43.2 Å². The molecule has 0 aliphatic heterocycles. The standard InChI is InChI=1S/C19H30N4O.HI/c1-15-8-6-7-11-17(15)14-23-19(20-2)22-13-12-21-18(24)16-9-4-3-5-10-16;/h6-8,11,16H,3-5,9-10,12-14H2,1-2H3,(H,21,24)(H2,20,22,23);1H. The van der Waals surface area contributed by atoms with Gasteiger partial charge in [-0.2, -0.15) is 0 Å². The van der Waals surface area contributed by atoms with Gasteiger partial charge >= 0.3 is 0 Å². The highest BCUT2D eigenvalue weighted by Gasteiger charge is 2.20. The Morgan fingerprint density at radius 3 is 2.44 bits per heavy atom. The van der Waals surface area contributed by atoms with Crippen LogP contribution in [0.2, 0.25) is 0 Å². The molecule has 2 rings (SSSR count). The van der Waals surface area contributed by atoms with Crippen LogP contribution in [0.4, 0.5) is 0 Å². The molecule has 0 unspecified atom stereocenters. The molecule has 0 aromatic heterocycles. The Labute approximate surface area is 168 Å². The van der Waals surface area contributed by atoms with Crippen LogP contribution < -0.4 is 16.0 Å².